The van der Waals surface area contributed by atoms with Crippen molar-refractivity contribution >= 4 is 38.8 Å². The summed E-state index contributed by atoms with van der Waals surface area (Å²) in [5.74, 6) is 0. The minimum absolute atomic E-state index is 0.479. The van der Waals surface area contributed by atoms with Gasteiger partial charge in [0.25, 0.3) is 0 Å². The van der Waals surface area contributed by atoms with Gasteiger partial charge in [0.2, 0.25) is 0 Å². The number of aromatic nitrogens is 1. The van der Waals surface area contributed by atoms with E-state index in [-0.39, 0.29) is 0 Å². The number of anilines is 1. The monoisotopic (exact) mass is 308 g/mol. The number of nitrogens with one attached hydrogen (secondary N) is 1. The standard InChI is InChI=1S/C16H21ClN2S/c1-16(2)8-3-4-11(7-9-16)19-14-12(17)5-6-13-15(14)18-10-20-13/h5-6,10-11,19H,3-4,7-9H2,1-2H3. The highest BCUT2D eigenvalue weighted by Gasteiger charge is 2.25. The maximum atomic E-state index is 6.38. The topological polar surface area (TPSA) is 24.9 Å². The Morgan fingerprint density at radius 3 is 3.00 bits per heavy atom. The van der Waals surface area contributed by atoms with Crippen LogP contribution in [-0.2, 0) is 0 Å². The average Bonchev–Trinajstić information content (AvgIpc) is 2.80. The summed E-state index contributed by atoms with van der Waals surface area (Å²) in [5.41, 5.74) is 4.41. The lowest BCUT2D eigenvalue weighted by molar-refractivity contribution is 0.313. The van der Waals surface area contributed by atoms with E-state index in [1.807, 2.05) is 11.6 Å². The molecule has 0 amide bonds. The lowest BCUT2D eigenvalue weighted by atomic mass is 9.85. The van der Waals surface area contributed by atoms with Gasteiger partial charge in [-0.2, -0.15) is 0 Å². The second-order valence-electron chi connectivity index (χ2n) is 6.56. The first kappa shape index (κ1) is 14.2. The van der Waals surface area contributed by atoms with Crippen LogP contribution in [0.1, 0.15) is 46.0 Å². The molecule has 0 radical (unpaired) electrons. The molecule has 1 saturated carbocycles. The fourth-order valence-electron chi connectivity index (χ4n) is 3.05. The Hall–Kier alpha value is -0.800. The number of rotatable bonds is 2. The van der Waals surface area contributed by atoms with Crippen LogP contribution in [0.4, 0.5) is 5.69 Å². The lowest BCUT2D eigenvalue weighted by Crippen LogP contribution is -2.19. The summed E-state index contributed by atoms with van der Waals surface area (Å²) >= 11 is 8.04. The number of thiazole rings is 1. The zero-order valence-corrected chi connectivity index (χ0v) is 13.7. The fourth-order valence-corrected chi connectivity index (χ4v) is 3.95. The minimum atomic E-state index is 0.479. The molecule has 0 aliphatic heterocycles. The van der Waals surface area contributed by atoms with Crippen molar-refractivity contribution in [3.05, 3.63) is 22.7 Å². The summed E-state index contributed by atoms with van der Waals surface area (Å²) < 4.78 is 1.20. The van der Waals surface area contributed by atoms with Gasteiger partial charge in [0.15, 0.2) is 0 Å². The van der Waals surface area contributed by atoms with Gasteiger partial charge in [-0.15, -0.1) is 11.3 Å². The maximum absolute atomic E-state index is 6.38. The normalized spacial score (nSPS) is 22.6. The van der Waals surface area contributed by atoms with Crippen LogP contribution >= 0.6 is 22.9 Å². The predicted octanol–water partition coefficient (Wildman–Crippen LogP) is 5.72. The maximum Gasteiger partial charge on any atom is 0.106 e. The van der Waals surface area contributed by atoms with E-state index in [9.17, 15) is 0 Å². The van der Waals surface area contributed by atoms with Gasteiger partial charge in [0.1, 0.15) is 5.52 Å². The van der Waals surface area contributed by atoms with E-state index >= 15 is 0 Å². The molecule has 20 heavy (non-hydrogen) atoms. The quantitative estimate of drug-likeness (QED) is 0.718. The van der Waals surface area contributed by atoms with Gasteiger partial charge in [-0.05, 0) is 43.2 Å². The molecule has 1 fully saturated rings. The molecule has 1 aromatic heterocycles. The Morgan fingerprint density at radius 2 is 2.15 bits per heavy atom. The Balaban J connectivity index is 1.82. The van der Waals surface area contributed by atoms with Crippen molar-refractivity contribution in [2.45, 2.75) is 52.0 Å². The molecule has 0 bridgehead atoms. The molecule has 1 unspecified atom stereocenters. The molecule has 4 heteroatoms. The minimum Gasteiger partial charge on any atom is -0.379 e. The van der Waals surface area contributed by atoms with Gasteiger partial charge >= 0.3 is 0 Å². The lowest BCUT2D eigenvalue weighted by Gasteiger charge is -2.22. The van der Waals surface area contributed by atoms with Crippen LogP contribution in [0, 0.1) is 5.41 Å². The number of fused-ring (bicyclic) bond motifs is 1. The highest BCUT2D eigenvalue weighted by molar-refractivity contribution is 7.16. The molecule has 2 nitrogen and oxygen atoms in total. The van der Waals surface area contributed by atoms with Crippen LogP contribution in [0.5, 0.6) is 0 Å². The molecular formula is C16H21ClN2S. The number of nitrogens with zero attached hydrogens (tertiary/aromatic N) is 1. The molecule has 1 atom stereocenters. The SMILES string of the molecule is CC1(C)CCCC(Nc2c(Cl)ccc3scnc23)CC1. The largest absolute Gasteiger partial charge is 0.379 e. The van der Waals surface area contributed by atoms with E-state index < -0.39 is 0 Å². The second kappa shape index (κ2) is 5.53. The highest BCUT2D eigenvalue weighted by atomic mass is 35.5. The van der Waals surface area contributed by atoms with E-state index in [2.05, 4.69) is 30.2 Å². The van der Waals surface area contributed by atoms with Crippen LogP contribution in [-0.4, -0.2) is 11.0 Å². The number of hydrogen-bond donors (Lipinski definition) is 1. The Labute approximate surface area is 129 Å². The van der Waals surface area contributed by atoms with Crippen LogP contribution in [0.15, 0.2) is 17.6 Å². The van der Waals surface area contributed by atoms with Crippen molar-refractivity contribution in [1.82, 2.24) is 4.98 Å². The average molecular weight is 309 g/mol. The van der Waals surface area contributed by atoms with Crippen molar-refractivity contribution in [3.8, 4) is 0 Å². The molecule has 1 aliphatic rings. The molecule has 2 aromatic rings. The summed E-state index contributed by atoms with van der Waals surface area (Å²) in [4.78, 5) is 4.47. The summed E-state index contributed by atoms with van der Waals surface area (Å²) in [7, 11) is 0. The van der Waals surface area contributed by atoms with Crippen molar-refractivity contribution in [2.75, 3.05) is 5.32 Å². The van der Waals surface area contributed by atoms with E-state index in [1.54, 1.807) is 11.3 Å². The molecule has 108 valence electrons. The molecular weight excluding hydrogens is 288 g/mol. The van der Waals surface area contributed by atoms with E-state index in [1.165, 1.54) is 36.8 Å². The number of hydrogen-bond acceptors (Lipinski definition) is 3. The predicted molar refractivity (Wildman–Crippen MR) is 88.9 cm³/mol. The van der Waals surface area contributed by atoms with Gasteiger partial charge in [0, 0.05) is 6.04 Å². The summed E-state index contributed by atoms with van der Waals surface area (Å²) in [6.45, 7) is 4.76. The number of halogens is 1. The zero-order chi connectivity index (χ0) is 14.2. The fraction of sp³-hybridized carbons (Fsp3) is 0.562. The Morgan fingerprint density at radius 1 is 1.30 bits per heavy atom. The first-order valence-corrected chi connectivity index (χ1v) is 8.59. The summed E-state index contributed by atoms with van der Waals surface area (Å²) in [5, 5.41) is 4.45. The van der Waals surface area contributed by atoms with E-state index in [0.717, 1.165) is 16.2 Å². The van der Waals surface area contributed by atoms with Crippen LogP contribution in [0.3, 0.4) is 0 Å². The molecule has 1 aliphatic carbocycles. The molecule has 0 saturated heterocycles. The third-order valence-corrected chi connectivity index (χ3v) is 5.48. The van der Waals surface area contributed by atoms with Gasteiger partial charge < -0.3 is 5.32 Å². The van der Waals surface area contributed by atoms with Crippen molar-refractivity contribution in [2.24, 2.45) is 5.41 Å². The van der Waals surface area contributed by atoms with Crippen molar-refractivity contribution in [1.29, 1.82) is 0 Å². The summed E-state index contributed by atoms with van der Waals surface area (Å²) in [6, 6.07) is 4.54. The van der Waals surface area contributed by atoms with E-state index in [0.29, 0.717) is 11.5 Å². The Bertz CT molecular complexity index is 606. The third-order valence-electron chi connectivity index (χ3n) is 4.38. The molecule has 1 N–H and O–H groups in total. The van der Waals surface area contributed by atoms with Crippen molar-refractivity contribution < 1.29 is 0 Å². The van der Waals surface area contributed by atoms with Gasteiger partial charge in [-0.25, -0.2) is 4.98 Å². The second-order valence-corrected chi connectivity index (χ2v) is 7.85. The van der Waals surface area contributed by atoms with Crippen LogP contribution in [0.25, 0.3) is 10.2 Å². The third kappa shape index (κ3) is 2.94. The van der Waals surface area contributed by atoms with Gasteiger partial charge in [-0.3, -0.25) is 0 Å². The van der Waals surface area contributed by atoms with E-state index in [4.69, 9.17) is 11.6 Å². The van der Waals surface area contributed by atoms with Gasteiger partial charge in [0.05, 0.1) is 20.9 Å². The highest BCUT2D eigenvalue weighted by Crippen LogP contribution is 2.37. The summed E-state index contributed by atoms with van der Waals surface area (Å²) in [6.07, 6.45) is 6.31. The zero-order valence-electron chi connectivity index (χ0n) is 12.1. The smallest absolute Gasteiger partial charge is 0.106 e. The molecule has 0 spiro atoms. The van der Waals surface area contributed by atoms with Crippen molar-refractivity contribution in [3.63, 3.8) is 0 Å². The number of benzene rings is 1. The Kier molecular flexibility index (Phi) is 3.91. The first-order valence-electron chi connectivity index (χ1n) is 7.33. The van der Waals surface area contributed by atoms with Gasteiger partial charge in [-0.1, -0.05) is 31.9 Å². The first-order chi connectivity index (χ1) is 9.55. The molecule has 3 rings (SSSR count). The molecule has 1 heterocycles. The van der Waals surface area contributed by atoms with Crippen LogP contribution < -0.4 is 5.32 Å². The van der Waals surface area contributed by atoms with Crippen LogP contribution in [0.2, 0.25) is 5.02 Å². The molecule has 1 aromatic carbocycles.